The van der Waals surface area contributed by atoms with Gasteiger partial charge in [0.2, 0.25) is 0 Å². The minimum absolute atomic E-state index is 0.314. The fourth-order valence-corrected chi connectivity index (χ4v) is 4.35. The van der Waals surface area contributed by atoms with Crippen LogP contribution in [0.25, 0.3) is 22.6 Å². The maximum absolute atomic E-state index is 12.7. The fraction of sp³-hybridized carbons (Fsp3) is 0.316. The maximum atomic E-state index is 12.7. The summed E-state index contributed by atoms with van der Waals surface area (Å²) < 4.78 is 6.19. The van der Waals surface area contributed by atoms with Gasteiger partial charge in [-0.2, -0.15) is 0 Å². The highest BCUT2D eigenvalue weighted by molar-refractivity contribution is 7.99. The van der Waals surface area contributed by atoms with Crippen LogP contribution in [-0.2, 0) is 27.7 Å². The number of imidazole rings is 1. The average molecular weight is 446 g/mol. The Bertz CT molecular complexity index is 1350. The predicted molar refractivity (Wildman–Crippen MR) is 117 cm³/mol. The molecular weight excluding hydrogens is 426 g/mol. The number of aryl methyl sites for hydroxylation is 2. The summed E-state index contributed by atoms with van der Waals surface area (Å²) in [5, 5.41) is 9.85. The van der Waals surface area contributed by atoms with Crippen LogP contribution >= 0.6 is 23.4 Å². The molecule has 9 nitrogen and oxygen atoms in total. The SMILES string of the molecule is Cn1c(SCCCn2c(=O)c3c(ncn3C)n(C)c2=O)nnc1-c1ccccc1Cl. The largest absolute Gasteiger partial charge is 0.332 e. The lowest BCUT2D eigenvalue weighted by Gasteiger charge is -2.08. The van der Waals surface area contributed by atoms with Crippen molar-refractivity contribution in [2.45, 2.75) is 18.1 Å². The van der Waals surface area contributed by atoms with Gasteiger partial charge in [-0.25, -0.2) is 9.78 Å². The Morgan fingerprint density at radius 3 is 2.60 bits per heavy atom. The van der Waals surface area contributed by atoms with Crippen LogP contribution < -0.4 is 11.2 Å². The van der Waals surface area contributed by atoms with Gasteiger partial charge in [0.15, 0.2) is 22.1 Å². The van der Waals surface area contributed by atoms with E-state index in [1.807, 2.05) is 35.9 Å². The first-order valence-electron chi connectivity index (χ1n) is 9.28. The van der Waals surface area contributed by atoms with Gasteiger partial charge in [-0.15, -0.1) is 10.2 Å². The number of benzene rings is 1. The predicted octanol–water partition coefficient (Wildman–Crippen LogP) is 2.06. The number of fused-ring (bicyclic) bond motifs is 1. The summed E-state index contributed by atoms with van der Waals surface area (Å²) in [4.78, 5) is 29.4. The van der Waals surface area contributed by atoms with Crippen LogP contribution in [0.15, 0.2) is 45.3 Å². The average Bonchev–Trinajstić information content (AvgIpc) is 3.29. The Labute approximate surface area is 180 Å². The van der Waals surface area contributed by atoms with Crippen LogP contribution in [-0.4, -0.2) is 39.2 Å². The van der Waals surface area contributed by atoms with E-state index >= 15 is 0 Å². The smallest absolute Gasteiger partial charge is 0.328 e. The molecule has 0 atom stereocenters. The molecule has 3 aromatic heterocycles. The molecule has 0 saturated carbocycles. The van der Waals surface area contributed by atoms with Gasteiger partial charge >= 0.3 is 5.69 Å². The highest BCUT2D eigenvalue weighted by atomic mass is 35.5. The molecule has 0 N–H and O–H groups in total. The molecule has 0 bridgehead atoms. The minimum atomic E-state index is -0.365. The summed E-state index contributed by atoms with van der Waals surface area (Å²) in [6, 6.07) is 7.49. The van der Waals surface area contributed by atoms with Crippen molar-refractivity contribution >= 4 is 34.5 Å². The van der Waals surface area contributed by atoms with Crippen molar-refractivity contribution in [3.05, 3.63) is 56.5 Å². The molecule has 0 radical (unpaired) electrons. The lowest BCUT2D eigenvalue weighted by Crippen LogP contribution is -2.39. The third-order valence-corrected chi connectivity index (χ3v) is 6.34. The van der Waals surface area contributed by atoms with E-state index in [2.05, 4.69) is 15.2 Å². The number of hydrogen-bond donors (Lipinski definition) is 0. The molecule has 0 unspecified atom stereocenters. The summed E-state index contributed by atoms with van der Waals surface area (Å²) >= 11 is 7.78. The van der Waals surface area contributed by atoms with Gasteiger partial charge in [-0.05, 0) is 18.6 Å². The van der Waals surface area contributed by atoms with E-state index in [9.17, 15) is 9.59 Å². The minimum Gasteiger partial charge on any atom is -0.328 e. The van der Waals surface area contributed by atoms with Gasteiger partial charge in [0.05, 0.1) is 11.3 Å². The number of aromatic nitrogens is 7. The number of halogens is 1. The first-order chi connectivity index (χ1) is 14.4. The topological polar surface area (TPSA) is 92.5 Å². The molecule has 0 aliphatic heterocycles. The normalized spacial score (nSPS) is 11.5. The Balaban J connectivity index is 1.48. The molecule has 3 heterocycles. The molecule has 1 aromatic carbocycles. The van der Waals surface area contributed by atoms with Gasteiger partial charge in [0.1, 0.15) is 0 Å². The lowest BCUT2D eigenvalue weighted by molar-refractivity contribution is 0.594. The van der Waals surface area contributed by atoms with Gasteiger partial charge in [-0.3, -0.25) is 13.9 Å². The molecule has 0 spiro atoms. The Kier molecular flexibility index (Phi) is 5.52. The Hall–Kier alpha value is -2.85. The van der Waals surface area contributed by atoms with Crippen molar-refractivity contribution < 1.29 is 0 Å². The molecule has 0 fully saturated rings. The van der Waals surface area contributed by atoms with Crippen LogP contribution in [0.1, 0.15) is 6.42 Å². The molecule has 0 saturated heterocycles. The number of nitrogens with zero attached hydrogens (tertiary/aromatic N) is 7. The first kappa shape index (κ1) is 20.4. The molecule has 4 rings (SSSR count). The zero-order valence-electron chi connectivity index (χ0n) is 16.7. The van der Waals surface area contributed by atoms with E-state index in [1.54, 1.807) is 18.7 Å². The number of hydrogen-bond acceptors (Lipinski definition) is 6. The molecule has 0 aliphatic rings. The Morgan fingerprint density at radius 1 is 1.07 bits per heavy atom. The maximum Gasteiger partial charge on any atom is 0.332 e. The second kappa shape index (κ2) is 8.11. The van der Waals surface area contributed by atoms with E-state index in [1.165, 1.54) is 27.2 Å². The van der Waals surface area contributed by atoms with Gasteiger partial charge in [-0.1, -0.05) is 35.5 Å². The molecular formula is C19H20ClN7O2S. The van der Waals surface area contributed by atoms with Gasteiger partial charge in [0.25, 0.3) is 5.56 Å². The summed E-state index contributed by atoms with van der Waals surface area (Å²) in [5.41, 5.74) is 0.945. The van der Waals surface area contributed by atoms with Crippen LogP contribution in [0.3, 0.4) is 0 Å². The summed E-state index contributed by atoms with van der Waals surface area (Å²) in [6.07, 6.45) is 2.16. The van der Waals surface area contributed by atoms with Crippen LogP contribution in [0.2, 0.25) is 5.02 Å². The molecule has 30 heavy (non-hydrogen) atoms. The van der Waals surface area contributed by atoms with Crippen molar-refractivity contribution in [2.75, 3.05) is 5.75 Å². The second-order valence-corrected chi connectivity index (χ2v) is 8.34. The highest BCUT2D eigenvalue weighted by Gasteiger charge is 2.16. The fourth-order valence-electron chi connectivity index (χ4n) is 3.30. The molecule has 4 aromatic rings. The number of rotatable bonds is 6. The van der Waals surface area contributed by atoms with E-state index in [0.717, 1.165) is 10.7 Å². The van der Waals surface area contributed by atoms with E-state index in [-0.39, 0.29) is 11.2 Å². The van der Waals surface area contributed by atoms with Gasteiger partial charge in [0, 0.05) is 39.0 Å². The van der Waals surface area contributed by atoms with Crippen LogP contribution in [0.4, 0.5) is 0 Å². The quantitative estimate of drug-likeness (QED) is 0.333. The summed E-state index contributed by atoms with van der Waals surface area (Å²) in [6.45, 7) is 0.314. The molecule has 0 amide bonds. The van der Waals surface area contributed by atoms with Crippen LogP contribution in [0.5, 0.6) is 0 Å². The van der Waals surface area contributed by atoms with Crippen molar-refractivity contribution in [3.63, 3.8) is 0 Å². The molecule has 156 valence electrons. The van der Waals surface area contributed by atoms with Gasteiger partial charge < -0.3 is 9.13 Å². The van der Waals surface area contributed by atoms with Crippen molar-refractivity contribution in [2.24, 2.45) is 21.1 Å². The molecule has 0 aliphatic carbocycles. The Morgan fingerprint density at radius 2 is 1.83 bits per heavy atom. The standard InChI is InChI=1S/C19H20ClN7O2S/c1-24-11-21-16-14(24)17(28)27(19(29)26(16)3)9-6-10-30-18-23-22-15(25(18)2)12-7-4-5-8-13(12)20/h4-5,7-8,11H,6,9-10H2,1-3H3. The summed E-state index contributed by atoms with van der Waals surface area (Å²) in [5.74, 6) is 1.36. The van der Waals surface area contributed by atoms with Crippen molar-refractivity contribution in [1.29, 1.82) is 0 Å². The van der Waals surface area contributed by atoms with Crippen LogP contribution in [0, 0.1) is 0 Å². The second-order valence-electron chi connectivity index (χ2n) is 6.87. The third-order valence-electron chi connectivity index (χ3n) is 4.91. The molecule has 11 heteroatoms. The van der Waals surface area contributed by atoms with Crippen molar-refractivity contribution in [1.82, 2.24) is 33.4 Å². The summed E-state index contributed by atoms with van der Waals surface area (Å²) in [7, 11) is 5.25. The van der Waals surface area contributed by atoms with Crippen molar-refractivity contribution in [3.8, 4) is 11.4 Å². The zero-order valence-corrected chi connectivity index (χ0v) is 18.3. The first-order valence-corrected chi connectivity index (χ1v) is 10.6. The van der Waals surface area contributed by atoms with E-state index < -0.39 is 0 Å². The third kappa shape index (κ3) is 3.46. The van der Waals surface area contributed by atoms with E-state index in [0.29, 0.717) is 40.7 Å². The lowest BCUT2D eigenvalue weighted by atomic mass is 10.2. The highest BCUT2D eigenvalue weighted by Crippen LogP contribution is 2.28. The van der Waals surface area contributed by atoms with E-state index in [4.69, 9.17) is 11.6 Å². The number of thioether (sulfide) groups is 1. The zero-order chi connectivity index (χ0) is 21.4. The monoisotopic (exact) mass is 445 g/mol.